The molecule has 2 nitrogen and oxygen atoms in total. The molecule has 5 heteroatoms. The first kappa shape index (κ1) is 10.6. The number of phenolic OH excluding ortho intramolecular Hbond substituents is 1. The Morgan fingerprint density at radius 1 is 1.43 bits per heavy atom. The maximum absolute atomic E-state index is 12.6. The van der Waals surface area contributed by atoms with Crippen LogP contribution in [-0.4, -0.2) is 10.9 Å². The average molecular weight is 204 g/mol. The number of carbonyl (C=O) groups is 1. The van der Waals surface area contributed by atoms with E-state index < -0.39 is 34.9 Å². The van der Waals surface area contributed by atoms with Crippen LogP contribution in [-0.2, 0) is 0 Å². The van der Waals surface area contributed by atoms with Gasteiger partial charge >= 0.3 is 0 Å². The number of hydrogen-bond donors (Lipinski definition) is 1. The highest BCUT2D eigenvalue weighted by atomic mass is 19.3. The Bertz CT molecular complexity index is 375. The van der Waals surface area contributed by atoms with E-state index >= 15 is 0 Å². The van der Waals surface area contributed by atoms with Crippen LogP contribution in [0.1, 0.15) is 29.3 Å². The number of ketones is 1. The van der Waals surface area contributed by atoms with Crippen LogP contribution in [0.15, 0.2) is 12.1 Å². The monoisotopic (exact) mass is 204 g/mol. The van der Waals surface area contributed by atoms with Crippen LogP contribution in [0.2, 0.25) is 0 Å². The van der Waals surface area contributed by atoms with E-state index in [0.29, 0.717) is 12.1 Å². The lowest BCUT2D eigenvalue weighted by Gasteiger charge is -2.07. The molecule has 0 bridgehead atoms. The van der Waals surface area contributed by atoms with Crippen molar-refractivity contribution in [2.45, 2.75) is 13.3 Å². The van der Waals surface area contributed by atoms with Gasteiger partial charge in [-0.2, -0.15) is 0 Å². The van der Waals surface area contributed by atoms with E-state index in [0.717, 1.165) is 6.92 Å². The molecule has 1 N–H and O–H groups in total. The quantitative estimate of drug-likeness (QED) is 0.752. The number of alkyl halides is 2. The zero-order valence-corrected chi connectivity index (χ0v) is 7.22. The van der Waals surface area contributed by atoms with Gasteiger partial charge in [0.1, 0.15) is 11.6 Å². The number of benzene rings is 1. The summed E-state index contributed by atoms with van der Waals surface area (Å²) >= 11 is 0. The molecule has 0 atom stereocenters. The molecule has 0 amide bonds. The second-order valence-corrected chi connectivity index (χ2v) is 2.75. The molecule has 0 aromatic heterocycles. The van der Waals surface area contributed by atoms with Crippen molar-refractivity contribution >= 4 is 5.78 Å². The Morgan fingerprint density at radius 3 is 2.43 bits per heavy atom. The van der Waals surface area contributed by atoms with Crippen molar-refractivity contribution in [1.29, 1.82) is 0 Å². The molecule has 0 saturated heterocycles. The second-order valence-electron chi connectivity index (χ2n) is 2.75. The predicted molar refractivity (Wildman–Crippen MR) is 43.0 cm³/mol. The van der Waals surface area contributed by atoms with Crippen LogP contribution >= 0.6 is 0 Å². The molecular weight excluding hydrogens is 197 g/mol. The van der Waals surface area contributed by atoms with Crippen LogP contribution in [0.5, 0.6) is 5.75 Å². The lowest BCUT2D eigenvalue weighted by Crippen LogP contribution is -2.01. The van der Waals surface area contributed by atoms with E-state index in [4.69, 9.17) is 5.11 Å². The topological polar surface area (TPSA) is 37.3 Å². The first-order chi connectivity index (χ1) is 6.43. The van der Waals surface area contributed by atoms with Crippen molar-refractivity contribution < 1.29 is 23.1 Å². The van der Waals surface area contributed by atoms with Gasteiger partial charge in [-0.05, 0) is 13.0 Å². The lowest BCUT2D eigenvalue weighted by molar-refractivity contribution is 0.0995. The van der Waals surface area contributed by atoms with Crippen LogP contribution in [0.3, 0.4) is 0 Å². The van der Waals surface area contributed by atoms with Gasteiger partial charge in [0.15, 0.2) is 5.78 Å². The van der Waals surface area contributed by atoms with Gasteiger partial charge in [0.2, 0.25) is 0 Å². The zero-order chi connectivity index (χ0) is 10.9. The first-order valence-electron chi connectivity index (χ1n) is 3.75. The maximum atomic E-state index is 12.6. The zero-order valence-electron chi connectivity index (χ0n) is 7.22. The van der Waals surface area contributed by atoms with Crippen LogP contribution < -0.4 is 0 Å². The Kier molecular flexibility index (Phi) is 2.78. The van der Waals surface area contributed by atoms with Crippen LogP contribution in [0.25, 0.3) is 0 Å². The SMILES string of the molecule is CC(=O)c1c(O)cc(F)cc1C(F)F. The molecule has 1 aromatic rings. The molecule has 0 aliphatic carbocycles. The van der Waals surface area contributed by atoms with E-state index in [1.807, 2.05) is 0 Å². The predicted octanol–water partition coefficient (Wildman–Crippen LogP) is 2.67. The van der Waals surface area contributed by atoms with E-state index in [1.165, 1.54) is 0 Å². The highest BCUT2D eigenvalue weighted by Gasteiger charge is 2.20. The van der Waals surface area contributed by atoms with Gasteiger partial charge in [-0.3, -0.25) is 4.79 Å². The van der Waals surface area contributed by atoms with Crippen LogP contribution in [0.4, 0.5) is 13.2 Å². The van der Waals surface area contributed by atoms with Gasteiger partial charge in [0.05, 0.1) is 5.56 Å². The third kappa shape index (κ3) is 1.86. The molecule has 0 aliphatic rings. The Hall–Kier alpha value is -1.52. The molecule has 0 unspecified atom stereocenters. The van der Waals surface area contributed by atoms with E-state index in [2.05, 4.69) is 0 Å². The van der Waals surface area contributed by atoms with Crippen molar-refractivity contribution in [3.05, 3.63) is 29.1 Å². The fraction of sp³-hybridized carbons (Fsp3) is 0.222. The highest BCUT2D eigenvalue weighted by molar-refractivity contribution is 5.98. The molecule has 0 radical (unpaired) electrons. The number of halogens is 3. The van der Waals surface area contributed by atoms with E-state index in [9.17, 15) is 18.0 Å². The highest BCUT2D eigenvalue weighted by Crippen LogP contribution is 2.30. The number of aromatic hydroxyl groups is 1. The van der Waals surface area contributed by atoms with Gasteiger partial charge < -0.3 is 5.11 Å². The molecule has 0 fully saturated rings. The molecule has 76 valence electrons. The number of rotatable bonds is 2. The van der Waals surface area contributed by atoms with E-state index in [-0.39, 0.29) is 0 Å². The summed E-state index contributed by atoms with van der Waals surface area (Å²) in [6, 6.07) is 1.17. The maximum Gasteiger partial charge on any atom is 0.264 e. The summed E-state index contributed by atoms with van der Waals surface area (Å²) in [7, 11) is 0. The van der Waals surface area contributed by atoms with Crippen molar-refractivity contribution in [3.8, 4) is 5.75 Å². The number of carbonyl (C=O) groups excluding carboxylic acids is 1. The molecule has 1 aromatic carbocycles. The molecule has 0 spiro atoms. The summed E-state index contributed by atoms with van der Waals surface area (Å²) in [4.78, 5) is 10.9. The Morgan fingerprint density at radius 2 is 2.00 bits per heavy atom. The lowest BCUT2D eigenvalue weighted by atomic mass is 10.0. The summed E-state index contributed by atoms with van der Waals surface area (Å²) in [5, 5.41) is 9.10. The molecule has 0 aliphatic heterocycles. The minimum absolute atomic E-state index is 0.526. The summed E-state index contributed by atoms with van der Waals surface area (Å²) in [6.45, 7) is 1.03. The normalized spacial score (nSPS) is 10.6. The van der Waals surface area contributed by atoms with Gasteiger partial charge in [-0.1, -0.05) is 0 Å². The average Bonchev–Trinajstić information content (AvgIpc) is 2.01. The first-order valence-corrected chi connectivity index (χ1v) is 3.75. The van der Waals surface area contributed by atoms with Gasteiger partial charge in [0.25, 0.3) is 6.43 Å². The minimum atomic E-state index is -2.99. The molecular formula is C9H7F3O2. The van der Waals surface area contributed by atoms with Gasteiger partial charge in [0, 0.05) is 11.6 Å². The van der Waals surface area contributed by atoms with Crippen molar-refractivity contribution in [1.82, 2.24) is 0 Å². The summed E-state index contributed by atoms with van der Waals surface area (Å²) in [6.07, 6.45) is -2.99. The fourth-order valence-corrected chi connectivity index (χ4v) is 1.17. The second kappa shape index (κ2) is 3.69. The Balaban J connectivity index is 3.44. The number of Topliss-reactive ketones (excluding diaryl/α,β-unsaturated/α-hetero) is 1. The van der Waals surface area contributed by atoms with Gasteiger partial charge in [-0.25, -0.2) is 13.2 Å². The standard InChI is InChI=1S/C9H7F3O2/c1-4(13)8-6(9(11)12)2-5(10)3-7(8)14/h2-3,9,14H,1H3. The summed E-state index contributed by atoms with van der Waals surface area (Å²) < 4.78 is 37.3. The largest absolute Gasteiger partial charge is 0.507 e. The molecule has 14 heavy (non-hydrogen) atoms. The third-order valence-electron chi connectivity index (χ3n) is 1.70. The smallest absolute Gasteiger partial charge is 0.264 e. The number of phenols is 1. The van der Waals surface area contributed by atoms with Crippen LogP contribution in [0, 0.1) is 5.82 Å². The third-order valence-corrected chi connectivity index (χ3v) is 1.70. The minimum Gasteiger partial charge on any atom is -0.507 e. The fourth-order valence-electron chi connectivity index (χ4n) is 1.17. The summed E-state index contributed by atoms with van der Waals surface area (Å²) in [5.41, 5.74) is -1.31. The van der Waals surface area contributed by atoms with Crippen molar-refractivity contribution in [2.75, 3.05) is 0 Å². The molecule has 0 heterocycles. The molecule has 1 rings (SSSR count). The van der Waals surface area contributed by atoms with E-state index in [1.54, 1.807) is 0 Å². The van der Waals surface area contributed by atoms with Gasteiger partial charge in [-0.15, -0.1) is 0 Å². The molecule has 0 saturated carbocycles. The van der Waals surface area contributed by atoms with Crippen molar-refractivity contribution in [3.63, 3.8) is 0 Å². The summed E-state index contributed by atoms with van der Waals surface area (Å²) in [5.74, 6) is -2.48. The Labute approximate surface area is 78.0 Å². The number of hydrogen-bond acceptors (Lipinski definition) is 2. The van der Waals surface area contributed by atoms with Crippen molar-refractivity contribution in [2.24, 2.45) is 0 Å².